The summed E-state index contributed by atoms with van der Waals surface area (Å²) >= 11 is 0. The average molecular weight is 262 g/mol. The van der Waals surface area contributed by atoms with E-state index in [1.54, 1.807) is 0 Å². The van der Waals surface area contributed by atoms with Gasteiger partial charge < -0.3 is 15.0 Å². The topological polar surface area (TPSA) is 24.5 Å². The van der Waals surface area contributed by atoms with Crippen LogP contribution in [-0.2, 0) is 0 Å². The summed E-state index contributed by atoms with van der Waals surface area (Å²) in [4.78, 5) is 2.25. The standard InChI is InChI=1S/C16H26N2O/c1-12(17-2)16(18(3)4)14-7-9-15(10-8-14)19-11-13-5-6-13/h7-10,12-13,16-17H,5-6,11H2,1-4H3/t12-,16+/m0/s1. The molecule has 1 fully saturated rings. The van der Waals surface area contributed by atoms with E-state index in [0.717, 1.165) is 18.3 Å². The first-order valence-corrected chi connectivity index (χ1v) is 7.18. The third kappa shape index (κ3) is 3.95. The monoisotopic (exact) mass is 262 g/mol. The molecule has 19 heavy (non-hydrogen) atoms. The summed E-state index contributed by atoms with van der Waals surface area (Å²) in [6.07, 6.45) is 2.67. The van der Waals surface area contributed by atoms with Crippen molar-refractivity contribution in [2.24, 2.45) is 5.92 Å². The second kappa shape index (κ2) is 6.40. The van der Waals surface area contributed by atoms with E-state index in [1.165, 1.54) is 18.4 Å². The van der Waals surface area contributed by atoms with E-state index in [4.69, 9.17) is 4.74 Å². The molecule has 2 atom stereocenters. The van der Waals surface area contributed by atoms with Crippen LogP contribution in [0.25, 0.3) is 0 Å². The van der Waals surface area contributed by atoms with Crippen LogP contribution in [0.2, 0.25) is 0 Å². The largest absolute Gasteiger partial charge is 0.493 e. The molecule has 1 aliphatic carbocycles. The number of ether oxygens (including phenoxy) is 1. The van der Waals surface area contributed by atoms with E-state index in [2.05, 4.69) is 55.5 Å². The molecule has 106 valence electrons. The molecule has 0 radical (unpaired) electrons. The Morgan fingerprint density at radius 2 is 1.89 bits per heavy atom. The Kier molecular flexibility index (Phi) is 4.83. The van der Waals surface area contributed by atoms with E-state index in [9.17, 15) is 0 Å². The highest BCUT2D eigenvalue weighted by Gasteiger charge is 2.22. The Morgan fingerprint density at radius 3 is 2.37 bits per heavy atom. The summed E-state index contributed by atoms with van der Waals surface area (Å²) in [5.74, 6) is 1.80. The molecule has 0 heterocycles. The van der Waals surface area contributed by atoms with Crippen molar-refractivity contribution >= 4 is 0 Å². The van der Waals surface area contributed by atoms with Crippen LogP contribution < -0.4 is 10.1 Å². The van der Waals surface area contributed by atoms with E-state index in [0.29, 0.717) is 12.1 Å². The quantitative estimate of drug-likeness (QED) is 0.817. The molecule has 0 bridgehead atoms. The molecule has 1 aliphatic rings. The van der Waals surface area contributed by atoms with Crippen molar-refractivity contribution in [2.75, 3.05) is 27.7 Å². The third-order valence-corrected chi connectivity index (χ3v) is 3.89. The van der Waals surface area contributed by atoms with Gasteiger partial charge in [-0.25, -0.2) is 0 Å². The van der Waals surface area contributed by atoms with Crippen LogP contribution in [0.3, 0.4) is 0 Å². The van der Waals surface area contributed by atoms with Gasteiger partial charge in [0, 0.05) is 12.1 Å². The summed E-state index contributed by atoms with van der Waals surface area (Å²) in [5, 5.41) is 3.33. The predicted molar refractivity (Wildman–Crippen MR) is 79.6 cm³/mol. The Balaban J connectivity index is 2.01. The molecule has 0 spiro atoms. The lowest BCUT2D eigenvalue weighted by molar-refractivity contribution is 0.247. The number of likely N-dealkylation sites (N-methyl/N-ethyl adjacent to an activating group) is 2. The summed E-state index contributed by atoms with van der Waals surface area (Å²) < 4.78 is 5.78. The molecule has 1 aromatic rings. The number of nitrogens with one attached hydrogen (secondary N) is 1. The van der Waals surface area contributed by atoms with Crippen molar-refractivity contribution in [2.45, 2.75) is 31.8 Å². The van der Waals surface area contributed by atoms with Crippen LogP contribution in [0.4, 0.5) is 0 Å². The first-order chi connectivity index (χ1) is 9.11. The molecule has 1 saturated carbocycles. The second-order valence-corrected chi connectivity index (χ2v) is 5.81. The van der Waals surface area contributed by atoms with Crippen molar-refractivity contribution in [1.82, 2.24) is 10.2 Å². The fraction of sp³-hybridized carbons (Fsp3) is 0.625. The van der Waals surface area contributed by atoms with Crippen LogP contribution in [0.15, 0.2) is 24.3 Å². The smallest absolute Gasteiger partial charge is 0.119 e. The van der Waals surface area contributed by atoms with Gasteiger partial charge in [-0.15, -0.1) is 0 Å². The van der Waals surface area contributed by atoms with Crippen molar-refractivity contribution in [3.8, 4) is 5.75 Å². The van der Waals surface area contributed by atoms with E-state index < -0.39 is 0 Å². The number of benzene rings is 1. The van der Waals surface area contributed by atoms with Crippen molar-refractivity contribution < 1.29 is 4.74 Å². The van der Waals surface area contributed by atoms with Crippen LogP contribution in [0, 0.1) is 5.92 Å². The summed E-state index contributed by atoms with van der Waals surface area (Å²) in [5.41, 5.74) is 1.32. The summed E-state index contributed by atoms with van der Waals surface area (Å²) in [6.45, 7) is 3.09. The maximum absolute atomic E-state index is 5.78. The van der Waals surface area contributed by atoms with Crippen LogP contribution >= 0.6 is 0 Å². The molecule has 3 nitrogen and oxygen atoms in total. The lowest BCUT2D eigenvalue weighted by Crippen LogP contribution is -2.37. The SMILES string of the molecule is CN[C@@H](C)[C@H](c1ccc(OCC2CC2)cc1)N(C)C. The molecular formula is C16H26N2O. The maximum atomic E-state index is 5.78. The lowest BCUT2D eigenvalue weighted by Gasteiger charge is -2.30. The van der Waals surface area contributed by atoms with E-state index in [1.807, 2.05) is 7.05 Å². The Bertz CT molecular complexity index is 384. The normalized spacial score (nSPS) is 18.4. The highest BCUT2D eigenvalue weighted by Crippen LogP contribution is 2.30. The zero-order chi connectivity index (χ0) is 13.8. The van der Waals surface area contributed by atoms with Gasteiger partial charge in [-0.05, 0) is 64.5 Å². The minimum Gasteiger partial charge on any atom is -0.493 e. The van der Waals surface area contributed by atoms with E-state index >= 15 is 0 Å². The molecule has 0 aromatic heterocycles. The molecular weight excluding hydrogens is 236 g/mol. The fourth-order valence-electron chi connectivity index (χ4n) is 2.45. The Hall–Kier alpha value is -1.06. The molecule has 3 heteroatoms. The zero-order valence-electron chi connectivity index (χ0n) is 12.5. The summed E-state index contributed by atoms with van der Waals surface area (Å²) in [6, 6.07) is 9.34. The number of hydrogen-bond acceptors (Lipinski definition) is 3. The van der Waals surface area contributed by atoms with Gasteiger partial charge in [-0.2, -0.15) is 0 Å². The number of hydrogen-bond donors (Lipinski definition) is 1. The van der Waals surface area contributed by atoms with Gasteiger partial charge in [0.25, 0.3) is 0 Å². The van der Waals surface area contributed by atoms with Crippen LogP contribution in [0.5, 0.6) is 5.75 Å². The zero-order valence-corrected chi connectivity index (χ0v) is 12.5. The average Bonchev–Trinajstić information content (AvgIpc) is 3.21. The summed E-state index contributed by atoms with van der Waals surface area (Å²) in [7, 11) is 6.25. The van der Waals surface area contributed by atoms with Crippen LogP contribution in [-0.4, -0.2) is 38.7 Å². The minimum atomic E-state index is 0.377. The minimum absolute atomic E-state index is 0.377. The molecule has 0 aliphatic heterocycles. The number of rotatable bonds is 7. The molecule has 0 saturated heterocycles. The van der Waals surface area contributed by atoms with Gasteiger partial charge in [0.05, 0.1) is 6.61 Å². The molecule has 0 unspecified atom stereocenters. The predicted octanol–water partition coefficient (Wildman–Crippen LogP) is 2.69. The first-order valence-electron chi connectivity index (χ1n) is 7.18. The lowest BCUT2D eigenvalue weighted by atomic mass is 9.99. The van der Waals surface area contributed by atoms with Crippen LogP contribution in [0.1, 0.15) is 31.4 Å². The molecule has 1 aromatic carbocycles. The Labute approximate surface area is 116 Å². The highest BCUT2D eigenvalue weighted by atomic mass is 16.5. The first kappa shape index (κ1) is 14.4. The fourth-order valence-corrected chi connectivity index (χ4v) is 2.45. The van der Waals surface area contributed by atoms with E-state index in [-0.39, 0.29) is 0 Å². The Morgan fingerprint density at radius 1 is 1.26 bits per heavy atom. The van der Waals surface area contributed by atoms with Gasteiger partial charge in [-0.3, -0.25) is 0 Å². The second-order valence-electron chi connectivity index (χ2n) is 5.81. The third-order valence-electron chi connectivity index (χ3n) is 3.89. The van der Waals surface area contributed by atoms with Gasteiger partial charge in [-0.1, -0.05) is 12.1 Å². The van der Waals surface area contributed by atoms with Gasteiger partial charge >= 0.3 is 0 Å². The molecule has 2 rings (SSSR count). The van der Waals surface area contributed by atoms with Gasteiger partial charge in [0.2, 0.25) is 0 Å². The van der Waals surface area contributed by atoms with Gasteiger partial charge in [0.15, 0.2) is 0 Å². The van der Waals surface area contributed by atoms with Crippen molar-refractivity contribution in [1.29, 1.82) is 0 Å². The highest BCUT2D eigenvalue weighted by molar-refractivity contribution is 5.30. The molecule has 0 amide bonds. The number of nitrogens with zero attached hydrogens (tertiary/aromatic N) is 1. The maximum Gasteiger partial charge on any atom is 0.119 e. The van der Waals surface area contributed by atoms with Gasteiger partial charge in [0.1, 0.15) is 5.75 Å². The van der Waals surface area contributed by atoms with Crippen molar-refractivity contribution in [3.63, 3.8) is 0 Å². The van der Waals surface area contributed by atoms with Crippen molar-refractivity contribution in [3.05, 3.63) is 29.8 Å². The molecule has 1 N–H and O–H groups in total.